The molecular weight excluding hydrogens is 701 g/mol. The molecule has 2 N–H and O–H groups in total. The number of hydrogen-bond acceptors (Lipinski definition) is 9. The first-order valence-electron chi connectivity index (χ1n) is 19.4. The van der Waals surface area contributed by atoms with Gasteiger partial charge in [0.2, 0.25) is 5.91 Å². The number of benzene rings is 1. The van der Waals surface area contributed by atoms with E-state index in [2.05, 4.69) is 81.1 Å². The minimum Gasteiger partial charge on any atom is -0.464 e. The fourth-order valence-corrected chi connectivity index (χ4v) is 9.87. The molecule has 3 fully saturated rings. The van der Waals surface area contributed by atoms with E-state index in [1.807, 2.05) is 24.6 Å². The molecule has 6 bridgehead atoms. The van der Waals surface area contributed by atoms with Crippen LogP contribution in [0.25, 0.3) is 33.4 Å². The number of thiazole rings is 1. The Hall–Kier alpha value is -4.13. The van der Waals surface area contributed by atoms with E-state index in [1.165, 1.54) is 11.3 Å². The second-order valence-corrected chi connectivity index (χ2v) is 18.1. The van der Waals surface area contributed by atoms with E-state index in [9.17, 15) is 14.4 Å². The molecule has 1 aromatic carbocycles. The van der Waals surface area contributed by atoms with Crippen LogP contribution in [-0.2, 0) is 43.2 Å². The highest BCUT2D eigenvalue weighted by molar-refractivity contribution is 7.10. The highest BCUT2D eigenvalue weighted by atomic mass is 32.1. The average Bonchev–Trinajstić information content (AvgIpc) is 3.85. The van der Waals surface area contributed by atoms with Crippen molar-refractivity contribution in [2.45, 2.75) is 92.5 Å². The first kappa shape index (κ1) is 36.8. The van der Waals surface area contributed by atoms with Crippen molar-refractivity contribution in [3.8, 4) is 22.5 Å². The number of aromatic nitrogens is 3. The van der Waals surface area contributed by atoms with Gasteiger partial charge in [-0.1, -0.05) is 40.7 Å². The number of ether oxygens (including phenoxy) is 2. The summed E-state index contributed by atoms with van der Waals surface area (Å²) in [5.41, 5.74) is 9.60. The van der Waals surface area contributed by atoms with Gasteiger partial charge in [0.05, 0.1) is 34.8 Å². The zero-order valence-electron chi connectivity index (χ0n) is 32.6. The summed E-state index contributed by atoms with van der Waals surface area (Å²) in [4.78, 5) is 51.7. The monoisotopic (exact) mass is 752 g/mol. The van der Waals surface area contributed by atoms with Crippen molar-refractivity contribution in [3.63, 3.8) is 0 Å². The summed E-state index contributed by atoms with van der Waals surface area (Å²) in [6.07, 6.45) is 3.28. The number of aryl methyl sites for hydroxylation is 1. The van der Waals surface area contributed by atoms with Crippen LogP contribution >= 0.6 is 11.3 Å². The number of rotatable bonds is 6. The molecule has 1 saturated heterocycles. The SMILES string of the molecule is CCn1c(-c2cccnc2[C@H](C)OC)c2c3cc(ccc31)-c1csc(n1)C[C@H](NC(=O)C1[C@@H](C)[C@H]1C)C(=O)N1C[C@]3(C)C[C@@H]3[C@H](N1)C(=O)OCC(C)(C)C2. The second-order valence-electron chi connectivity index (χ2n) is 17.2. The molecule has 1 unspecified atom stereocenters. The highest BCUT2D eigenvalue weighted by Gasteiger charge is 2.61. The number of hydrogen-bond donors (Lipinski definition) is 2. The summed E-state index contributed by atoms with van der Waals surface area (Å²) in [6, 6.07) is 9.08. The van der Waals surface area contributed by atoms with Crippen molar-refractivity contribution in [3.05, 3.63) is 58.2 Å². The highest BCUT2D eigenvalue weighted by Crippen LogP contribution is 2.57. The van der Waals surface area contributed by atoms with Gasteiger partial charge >= 0.3 is 5.97 Å². The first-order chi connectivity index (χ1) is 25.7. The van der Waals surface area contributed by atoms with Gasteiger partial charge in [-0.25, -0.2) is 10.4 Å². The van der Waals surface area contributed by atoms with E-state index >= 15 is 0 Å². The molecule has 8 rings (SSSR count). The molecule has 4 aliphatic rings. The van der Waals surface area contributed by atoms with Crippen LogP contribution in [0.4, 0.5) is 0 Å². The normalized spacial score (nSPS) is 29.6. The number of carbonyl (C=O) groups is 3. The van der Waals surface area contributed by atoms with Crippen molar-refractivity contribution in [2.75, 3.05) is 20.3 Å². The number of hydrazine groups is 1. The summed E-state index contributed by atoms with van der Waals surface area (Å²) in [5, 5.41) is 8.57. The fraction of sp³-hybridized carbons (Fsp3) is 0.548. The molecule has 8 atom stereocenters. The molecular formula is C42H52N6O5S. The Balaban J connectivity index is 1.25. The van der Waals surface area contributed by atoms with E-state index < -0.39 is 17.5 Å². The van der Waals surface area contributed by atoms with Crippen molar-refractivity contribution >= 4 is 40.0 Å². The maximum absolute atomic E-state index is 14.4. The number of amides is 2. The van der Waals surface area contributed by atoms with Crippen molar-refractivity contribution in [1.82, 2.24) is 30.3 Å². The Morgan fingerprint density at radius 2 is 1.96 bits per heavy atom. The van der Waals surface area contributed by atoms with E-state index in [0.717, 1.165) is 62.6 Å². The first-order valence-corrected chi connectivity index (χ1v) is 20.2. The van der Waals surface area contributed by atoms with Gasteiger partial charge in [-0.2, -0.15) is 0 Å². The number of esters is 1. The van der Waals surface area contributed by atoms with Gasteiger partial charge in [-0.15, -0.1) is 11.3 Å². The lowest BCUT2D eigenvalue weighted by Crippen LogP contribution is -2.62. The minimum absolute atomic E-state index is 0.0600. The second kappa shape index (κ2) is 13.6. The summed E-state index contributed by atoms with van der Waals surface area (Å²) >= 11 is 1.49. The van der Waals surface area contributed by atoms with E-state index in [4.69, 9.17) is 19.4 Å². The minimum atomic E-state index is -0.837. The van der Waals surface area contributed by atoms with Crippen LogP contribution in [0, 0.1) is 34.5 Å². The quantitative estimate of drug-likeness (QED) is 0.218. The molecule has 12 heteroatoms. The third kappa shape index (κ3) is 6.43. The van der Waals surface area contributed by atoms with Crippen LogP contribution in [0.3, 0.4) is 0 Å². The summed E-state index contributed by atoms with van der Waals surface area (Å²) < 4.78 is 14.3. The number of methoxy groups -OCH3 is 1. The van der Waals surface area contributed by atoms with Gasteiger partial charge in [-0.3, -0.25) is 24.4 Å². The third-order valence-electron chi connectivity index (χ3n) is 12.7. The maximum atomic E-state index is 14.4. The molecule has 286 valence electrons. The maximum Gasteiger partial charge on any atom is 0.325 e. The predicted octanol–water partition coefficient (Wildman–Crippen LogP) is 6.35. The van der Waals surface area contributed by atoms with Gasteiger partial charge in [-0.05, 0) is 79.7 Å². The van der Waals surface area contributed by atoms with Crippen molar-refractivity contribution in [2.24, 2.45) is 34.5 Å². The zero-order valence-corrected chi connectivity index (χ0v) is 33.4. The topological polar surface area (TPSA) is 128 Å². The van der Waals surface area contributed by atoms with Gasteiger partial charge < -0.3 is 19.4 Å². The molecule has 54 heavy (non-hydrogen) atoms. The Bertz CT molecular complexity index is 2130. The van der Waals surface area contributed by atoms with E-state index in [0.29, 0.717) is 13.0 Å². The van der Waals surface area contributed by atoms with E-state index in [1.54, 1.807) is 12.1 Å². The Morgan fingerprint density at radius 3 is 2.69 bits per heavy atom. The zero-order chi connectivity index (χ0) is 38.3. The smallest absolute Gasteiger partial charge is 0.325 e. The van der Waals surface area contributed by atoms with Crippen LogP contribution < -0.4 is 10.7 Å². The van der Waals surface area contributed by atoms with Crippen LogP contribution in [0.1, 0.15) is 77.3 Å². The summed E-state index contributed by atoms with van der Waals surface area (Å²) in [5.74, 6) is -0.250. The fourth-order valence-electron chi connectivity index (χ4n) is 9.01. The van der Waals surface area contributed by atoms with Crippen LogP contribution in [-0.4, -0.2) is 69.7 Å². The molecule has 2 amide bonds. The summed E-state index contributed by atoms with van der Waals surface area (Å²) in [6.45, 7) is 16.1. The van der Waals surface area contributed by atoms with Gasteiger partial charge in [0.1, 0.15) is 12.1 Å². The molecule has 2 saturated carbocycles. The molecule has 2 aliphatic heterocycles. The Kier molecular flexibility index (Phi) is 9.25. The van der Waals surface area contributed by atoms with Crippen LogP contribution in [0.2, 0.25) is 0 Å². The van der Waals surface area contributed by atoms with Gasteiger partial charge in [0, 0.05) is 71.6 Å². The lowest BCUT2D eigenvalue weighted by molar-refractivity contribution is -0.157. The van der Waals surface area contributed by atoms with Crippen LogP contribution in [0.5, 0.6) is 0 Å². The largest absolute Gasteiger partial charge is 0.464 e. The molecule has 0 radical (unpaired) electrons. The van der Waals surface area contributed by atoms with Gasteiger partial charge in [0.25, 0.3) is 5.91 Å². The number of pyridine rings is 1. The molecule has 5 heterocycles. The van der Waals surface area contributed by atoms with Crippen molar-refractivity contribution in [1.29, 1.82) is 0 Å². The predicted molar refractivity (Wildman–Crippen MR) is 208 cm³/mol. The molecule has 0 spiro atoms. The summed E-state index contributed by atoms with van der Waals surface area (Å²) in [7, 11) is 1.70. The standard InChI is InChI=1S/C42H52N6O5S/c1-9-47-32-13-12-25-15-27(32)28(37(47)26-11-10-14-43-35(26)24(4)52-8)17-41(5,6)21-53-40(51)36-29-18-42(29,7)20-48(46-36)39(50)30(16-33-44-31(25)19-54-33)45-38(49)34-22(2)23(34)3/h10-15,19,22-24,29-30,34,36,46H,9,16-18,20-21H2,1-8H3,(H,45,49)/t22-,23+,24-,29+,30-,34?,36-,42-/m0/s1. The molecule has 2 aliphatic carbocycles. The number of carbonyl (C=O) groups excluding carboxylic acids is 3. The molecule has 4 aromatic rings. The lowest BCUT2D eigenvalue weighted by atomic mass is 9.84. The third-order valence-corrected chi connectivity index (χ3v) is 13.6. The molecule has 11 nitrogen and oxygen atoms in total. The number of nitrogens with zero attached hydrogens (tertiary/aromatic N) is 4. The molecule has 3 aromatic heterocycles. The average molecular weight is 753 g/mol. The Labute approximate surface area is 321 Å². The van der Waals surface area contributed by atoms with Crippen molar-refractivity contribution < 1.29 is 23.9 Å². The lowest BCUT2D eigenvalue weighted by Gasteiger charge is -2.38. The number of nitrogens with one attached hydrogen (secondary N) is 2. The Morgan fingerprint density at radius 1 is 1.19 bits per heavy atom. The van der Waals surface area contributed by atoms with Crippen LogP contribution in [0.15, 0.2) is 41.9 Å². The van der Waals surface area contributed by atoms with E-state index in [-0.39, 0.29) is 66.0 Å². The number of cyclic esters (lactones) is 1. The number of fused-ring (bicyclic) bond motifs is 8. The van der Waals surface area contributed by atoms with Gasteiger partial charge in [0.15, 0.2) is 0 Å².